The molecule has 10 nitrogen and oxygen atoms in total. The van der Waals surface area contributed by atoms with Crippen LogP contribution >= 0.6 is 11.8 Å². The standard InChI is InChI=1S/C20H35NO9S/c1-13(23)21-18(20(27)31-12-8-6-5-7-10-22)19(30-16(4)26)17(29-15(3)25)9-11-28-14(2)24/h17-20,22,27H,5-12H2,1-4H3,(H,21,23). The maximum atomic E-state index is 11.8. The van der Waals surface area contributed by atoms with Crippen LogP contribution in [-0.2, 0) is 33.4 Å². The number of esters is 3. The van der Waals surface area contributed by atoms with E-state index in [2.05, 4.69) is 5.32 Å². The van der Waals surface area contributed by atoms with Crippen molar-refractivity contribution in [3.8, 4) is 0 Å². The molecule has 0 aromatic carbocycles. The minimum Gasteiger partial charge on any atom is -0.466 e. The van der Waals surface area contributed by atoms with Crippen molar-refractivity contribution in [2.75, 3.05) is 19.0 Å². The number of hydrogen-bond donors (Lipinski definition) is 3. The van der Waals surface area contributed by atoms with E-state index in [1.807, 2.05) is 0 Å². The molecule has 0 radical (unpaired) electrons. The Kier molecular flexibility index (Phi) is 15.8. The first kappa shape index (κ1) is 29.1. The topological polar surface area (TPSA) is 148 Å². The number of nitrogens with one attached hydrogen (secondary N) is 1. The van der Waals surface area contributed by atoms with Crippen molar-refractivity contribution < 1.29 is 43.6 Å². The number of amides is 1. The second-order valence-electron chi connectivity index (χ2n) is 6.98. The summed E-state index contributed by atoms with van der Waals surface area (Å²) in [6.45, 7) is 4.85. The van der Waals surface area contributed by atoms with Crippen LogP contribution in [0.4, 0.5) is 0 Å². The molecule has 4 unspecified atom stereocenters. The first-order valence-corrected chi connectivity index (χ1v) is 11.3. The summed E-state index contributed by atoms with van der Waals surface area (Å²) in [7, 11) is 0. The maximum absolute atomic E-state index is 11.8. The van der Waals surface area contributed by atoms with Crippen LogP contribution in [0, 0.1) is 0 Å². The number of carbonyl (C=O) groups is 4. The fourth-order valence-corrected chi connectivity index (χ4v) is 3.86. The number of unbranched alkanes of at least 4 members (excludes halogenated alkanes) is 3. The molecule has 11 heteroatoms. The molecule has 1 amide bonds. The van der Waals surface area contributed by atoms with Crippen molar-refractivity contribution in [2.45, 2.75) is 83.5 Å². The summed E-state index contributed by atoms with van der Waals surface area (Å²) in [6, 6.07) is -1.06. The lowest BCUT2D eigenvalue weighted by Gasteiger charge is -2.35. The lowest BCUT2D eigenvalue weighted by molar-refractivity contribution is -0.171. The third-order valence-electron chi connectivity index (χ3n) is 4.07. The number of aliphatic hydroxyl groups is 2. The fourth-order valence-electron chi connectivity index (χ4n) is 2.82. The smallest absolute Gasteiger partial charge is 0.303 e. The third-order valence-corrected chi connectivity index (χ3v) is 5.22. The highest BCUT2D eigenvalue weighted by molar-refractivity contribution is 7.99. The molecule has 0 aliphatic rings. The van der Waals surface area contributed by atoms with Crippen LogP contribution in [0.3, 0.4) is 0 Å². The average Bonchev–Trinajstić information content (AvgIpc) is 2.65. The molecule has 0 heterocycles. The number of hydrogen-bond acceptors (Lipinski definition) is 10. The van der Waals surface area contributed by atoms with E-state index in [0.29, 0.717) is 12.2 Å². The minimum absolute atomic E-state index is 0.00569. The van der Waals surface area contributed by atoms with Crippen molar-refractivity contribution in [1.29, 1.82) is 0 Å². The Morgan fingerprint density at radius 2 is 1.52 bits per heavy atom. The lowest BCUT2D eigenvalue weighted by Crippen LogP contribution is -2.56. The normalized spacial score (nSPS) is 14.6. The quantitative estimate of drug-likeness (QED) is 0.130. The summed E-state index contributed by atoms with van der Waals surface area (Å²) in [4.78, 5) is 46.2. The van der Waals surface area contributed by atoms with Crippen LogP contribution in [0.5, 0.6) is 0 Å². The third kappa shape index (κ3) is 14.7. The summed E-state index contributed by atoms with van der Waals surface area (Å²) < 4.78 is 15.5. The van der Waals surface area contributed by atoms with Gasteiger partial charge in [0.05, 0.1) is 6.61 Å². The Labute approximate surface area is 187 Å². The molecule has 0 aliphatic carbocycles. The number of aliphatic hydroxyl groups excluding tert-OH is 2. The molecule has 31 heavy (non-hydrogen) atoms. The second kappa shape index (κ2) is 16.8. The van der Waals surface area contributed by atoms with Crippen molar-refractivity contribution in [3.63, 3.8) is 0 Å². The number of carbonyl (C=O) groups excluding carboxylic acids is 4. The molecular formula is C20H35NO9S. The van der Waals surface area contributed by atoms with Crippen LogP contribution < -0.4 is 5.32 Å². The fraction of sp³-hybridized carbons (Fsp3) is 0.800. The molecular weight excluding hydrogens is 430 g/mol. The van der Waals surface area contributed by atoms with E-state index in [-0.39, 0.29) is 19.6 Å². The van der Waals surface area contributed by atoms with Crippen molar-refractivity contribution in [1.82, 2.24) is 5.32 Å². The van der Waals surface area contributed by atoms with Crippen molar-refractivity contribution in [3.05, 3.63) is 0 Å². The van der Waals surface area contributed by atoms with E-state index >= 15 is 0 Å². The van der Waals surface area contributed by atoms with E-state index in [1.54, 1.807) is 0 Å². The van der Waals surface area contributed by atoms with Gasteiger partial charge in [-0.15, -0.1) is 11.8 Å². The summed E-state index contributed by atoms with van der Waals surface area (Å²) in [5, 5.41) is 22.1. The lowest BCUT2D eigenvalue weighted by atomic mass is 10.0. The van der Waals surface area contributed by atoms with Gasteiger partial charge in [-0.05, 0) is 18.6 Å². The molecule has 0 saturated heterocycles. The molecule has 0 aromatic heterocycles. The highest BCUT2D eigenvalue weighted by Crippen LogP contribution is 2.23. The number of thioether (sulfide) groups is 1. The van der Waals surface area contributed by atoms with Crippen molar-refractivity contribution >= 4 is 35.6 Å². The van der Waals surface area contributed by atoms with Gasteiger partial charge < -0.3 is 29.7 Å². The van der Waals surface area contributed by atoms with E-state index in [4.69, 9.17) is 19.3 Å². The molecule has 180 valence electrons. The maximum Gasteiger partial charge on any atom is 0.303 e. The molecule has 0 aromatic rings. The SMILES string of the molecule is CC(=O)NC(C(O)SCCCCCCO)C(OC(C)=O)C(CCOC(C)=O)OC(C)=O. The summed E-state index contributed by atoms with van der Waals surface area (Å²) in [5.41, 5.74) is -1.15. The van der Waals surface area contributed by atoms with Gasteiger partial charge in [-0.1, -0.05) is 12.8 Å². The Balaban J connectivity index is 5.43. The van der Waals surface area contributed by atoms with Gasteiger partial charge in [0, 0.05) is 40.7 Å². The van der Waals surface area contributed by atoms with Crippen LogP contribution in [0.25, 0.3) is 0 Å². The monoisotopic (exact) mass is 465 g/mol. The average molecular weight is 466 g/mol. The van der Waals surface area contributed by atoms with Crippen LogP contribution in [0.1, 0.15) is 59.8 Å². The summed E-state index contributed by atoms with van der Waals surface area (Å²) in [6.07, 6.45) is 0.983. The molecule has 0 rings (SSSR count). The molecule has 0 spiro atoms. The van der Waals surface area contributed by atoms with E-state index in [1.165, 1.54) is 32.5 Å². The Bertz CT molecular complexity index is 573. The first-order valence-electron chi connectivity index (χ1n) is 10.2. The highest BCUT2D eigenvalue weighted by Gasteiger charge is 2.39. The zero-order chi connectivity index (χ0) is 23.8. The first-order chi connectivity index (χ1) is 14.6. The van der Waals surface area contributed by atoms with Gasteiger partial charge >= 0.3 is 17.9 Å². The van der Waals surface area contributed by atoms with E-state index in [0.717, 1.165) is 26.2 Å². The van der Waals surface area contributed by atoms with Crippen LogP contribution in [0.15, 0.2) is 0 Å². The van der Waals surface area contributed by atoms with Gasteiger partial charge in [0.15, 0.2) is 6.10 Å². The zero-order valence-electron chi connectivity index (χ0n) is 18.6. The molecule has 4 atom stereocenters. The number of rotatable bonds is 16. The molecule has 0 saturated carbocycles. The molecule has 3 N–H and O–H groups in total. The Morgan fingerprint density at radius 3 is 2.03 bits per heavy atom. The van der Waals surface area contributed by atoms with Crippen LogP contribution in [0.2, 0.25) is 0 Å². The zero-order valence-corrected chi connectivity index (χ0v) is 19.4. The van der Waals surface area contributed by atoms with E-state index in [9.17, 15) is 24.3 Å². The molecule has 0 aliphatic heterocycles. The largest absolute Gasteiger partial charge is 0.466 e. The number of ether oxygens (including phenoxy) is 3. The summed E-state index contributed by atoms with van der Waals surface area (Å²) >= 11 is 1.17. The predicted octanol–water partition coefficient (Wildman–Crippen LogP) is 0.912. The van der Waals surface area contributed by atoms with Gasteiger partial charge in [0.1, 0.15) is 17.6 Å². The summed E-state index contributed by atoms with van der Waals surface area (Å²) in [5.74, 6) is -1.77. The minimum atomic E-state index is -1.20. The molecule has 0 bridgehead atoms. The second-order valence-corrected chi connectivity index (χ2v) is 8.20. The molecule has 0 fully saturated rings. The van der Waals surface area contributed by atoms with Gasteiger partial charge in [-0.3, -0.25) is 19.2 Å². The van der Waals surface area contributed by atoms with Crippen LogP contribution in [-0.4, -0.2) is 76.7 Å². The van der Waals surface area contributed by atoms with Gasteiger partial charge in [0.2, 0.25) is 5.91 Å². The Morgan fingerprint density at radius 1 is 0.903 bits per heavy atom. The highest BCUT2D eigenvalue weighted by atomic mass is 32.2. The van der Waals surface area contributed by atoms with Crippen molar-refractivity contribution in [2.24, 2.45) is 0 Å². The predicted molar refractivity (Wildman–Crippen MR) is 114 cm³/mol. The van der Waals surface area contributed by atoms with Gasteiger partial charge in [-0.2, -0.15) is 0 Å². The van der Waals surface area contributed by atoms with Gasteiger partial charge in [-0.25, -0.2) is 0 Å². The Hall–Kier alpha value is -1.85. The van der Waals surface area contributed by atoms with E-state index < -0.39 is 47.5 Å². The van der Waals surface area contributed by atoms with Gasteiger partial charge in [0.25, 0.3) is 0 Å².